The molecule has 8 heteroatoms. The van der Waals surface area contributed by atoms with Crippen LogP contribution in [0.2, 0.25) is 0 Å². The summed E-state index contributed by atoms with van der Waals surface area (Å²) in [5, 5.41) is 0.638. The Labute approximate surface area is 178 Å². The van der Waals surface area contributed by atoms with Gasteiger partial charge >= 0.3 is 0 Å². The summed E-state index contributed by atoms with van der Waals surface area (Å²) in [6.45, 7) is 2.30. The number of morpholine rings is 1. The van der Waals surface area contributed by atoms with E-state index in [0.29, 0.717) is 31.7 Å². The van der Waals surface area contributed by atoms with Crippen LogP contribution in [-0.4, -0.2) is 50.1 Å². The van der Waals surface area contributed by atoms with E-state index < -0.39 is 9.84 Å². The predicted molar refractivity (Wildman–Crippen MR) is 114 cm³/mol. The van der Waals surface area contributed by atoms with Crippen molar-refractivity contribution in [1.82, 2.24) is 9.47 Å². The van der Waals surface area contributed by atoms with E-state index in [4.69, 9.17) is 4.74 Å². The molecule has 4 rings (SSSR count). The monoisotopic (exact) mass is 476 g/mol. The Hall–Kier alpha value is -2.16. The van der Waals surface area contributed by atoms with Crippen LogP contribution in [0.3, 0.4) is 0 Å². The van der Waals surface area contributed by atoms with E-state index in [9.17, 15) is 13.2 Å². The quantitative estimate of drug-likeness (QED) is 0.566. The lowest BCUT2D eigenvalue weighted by molar-refractivity contribution is -0.135. The first-order valence-electron chi connectivity index (χ1n) is 9.35. The van der Waals surface area contributed by atoms with Crippen molar-refractivity contribution >= 4 is 42.6 Å². The van der Waals surface area contributed by atoms with Crippen molar-refractivity contribution in [2.24, 2.45) is 0 Å². The Morgan fingerprint density at radius 1 is 1.03 bits per heavy atom. The number of sulfone groups is 1. The second kappa shape index (κ2) is 8.30. The molecule has 2 aromatic carbocycles. The molecular weight excluding hydrogens is 456 g/mol. The number of benzene rings is 2. The minimum absolute atomic E-state index is 0.0362. The minimum Gasteiger partial charge on any atom is -0.378 e. The first-order valence-corrected chi connectivity index (χ1v) is 11.8. The molecule has 0 aliphatic carbocycles. The average Bonchev–Trinajstić information content (AvgIpc) is 3.10. The molecule has 3 aromatic rings. The van der Waals surface area contributed by atoms with E-state index in [1.165, 1.54) is 0 Å². The van der Waals surface area contributed by atoms with Crippen LogP contribution in [0.5, 0.6) is 0 Å². The third kappa shape index (κ3) is 4.39. The maximum Gasteiger partial charge on any atom is 0.242 e. The molecule has 1 aromatic heterocycles. The maximum atomic E-state index is 13.2. The summed E-state index contributed by atoms with van der Waals surface area (Å²) >= 11 is 3.36. The summed E-state index contributed by atoms with van der Waals surface area (Å²) in [6, 6.07) is 14.5. The number of rotatable bonds is 5. The minimum atomic E-state index is -3.57. The molecule has 1 fully saturated rings. The number of hydrogen-bond acceptors (Lipinski definition) is 4. The van der Waals surface area contributed by atoms with Crippen molar-refractivity contribution in [2.75, 3.05) is 26.3 Å². The van der Waals surface area contributed by atoms with Crippen LogP contribution in [0.25, 0.3) is 10.9 Å². The summed E-state index contributed by atoms with van der Waals surface area (Å²) in [7, 11) is -3.57. The van der Waals surface area contributed by atoms with Gasteiger partial charge in [0.2, 0.25) is 5.91 Å². The highest BCUT2D eigenvalue weighted by molar-refractivity contribution is 9.10. The number of ether oxygens (including phenoxy) is 1. The maximum absolute atomic E-state index is 13.2. The van der Waals surface area contributed by atoms with Crippen LogP contribution in [0.4, 0.5) is 0 Å². The number of fused-ring (bicyclic) bond motifs is 1. The standard InChI is InChI=1S/C21H21BrN2O4S/c22-17-7-5-16(6-8-17)15-29(26,27)20-13-24(19-4-2-1-3-18(19)20)14-21(25)23-9-11-28-12-10-23/h1-8,13H,9-12,14-15H2. The molecule has 0 unspecified atom stereocenters. The number of carbonyl (C=O) groups excluding carboxylic acids is 1. The zero-order valence-electron chi connectivity index (χ0n) is 15.8. The third-order valence-electron chi connectivity index (χ3n) is 5.03. The van der Waals surface area contributed by atoms with Crippen LogP contribution >= 0.6 is 15.9 Å². The molecule has 1 saturated heterocycles. The summed E-state index contributed by atoms with van der Waals surface area (Å²) in [4.78, 5) is 14.7. The molecule has 0 spiro atoms. The summed E-state index contributed by atoms with van der Waals surface area (Å²) in [6.07, 6.45) is 1.59. The molecule has 0 atom stereocenters. The molecule has 1 amide bonds. The smallest absolute Gasteiger partial charge is 0.242 e. The van der Waals surface area contributed by atoms with Gasteiger partial charge in [0.1, 0.15) is 6.54 Å². The zero-order chi connectivity index (χ0) is 20.4. The van der Waals surface area contributed by atoms with Gasteiger partial charge in [0.05, 0.1) is 23.9 Å². The predicted octanol–water partition coefficient (Wildman–Crippen LogP) is 3.24. The van der Waals surface area contributed by atoms with Gasteiger partial charge in [-0.25, -0.2) is 8.42 Å². The van der Waals surface area contributed by atoms with Gasteiger partial charge in [-0.3, -0.25) is 4.79 Å². The average molecular weight is 477 g/mol. The molecule has 2 heterocycles. The van der Waals surface area contributed by atoms with Crippen molar-refractivity contribution in [3.8, 4) is 0 Å². The Balaban J connectivity index is 1.66. The largest absolute Gasteiger partial charge is 0.378 e. The van der Waals surface area contributed by atoms with Gasteiger partial charge in [0, 0.05) is 34.7 Å². The molecule has 1 aliphatic heterocycles. The topological polar surface area (TPSA) is 68.6 Å². The Morgan fingerprint density at radius 2 is 1.72 bits per heavy atom. The fourth-order valence-electron chi connectivity index (χ4n) is 3.53. The van der Waals surface area contributed by atoms with E-state index in [1.54, 1.807) is 33.9 Å². The van der Waals surface area contributed by atoms with Gasteiger partial charge in [0.15, 0.2) is 9.84 Å². The molecular formula is C21H21BrN2O4S. The van der Waals surface area contributed by atoms with Crippen molar-refractivity contribution in [2.45, 2.75) is 17.2 Å². The number of para-hydroxylation sites is 1. The highest BCUT2D eigenvalue weighted by Gasteiger charge is 2.24. The molecule has 29 heavy (non-hydrogen) atoms. The van der Waals surface area contributed by atoms with Crippen LogP contribution in [-0.2, 0) is 31.7 Å². The van der Waals surface area contributed by atoms with Gasteiger partial charge < -0.3 is 14.2 Å². The lowest BCUT2D eigenvalue weighted by Gasteiger charge is -2.27. The summed E-state index contributed by atoms with van der Waals surface area (Å²) < 4.78 is 34.3. The van der Waals surface area contributed by atoms with E-state index in [-0.39, 0.29) is 23.1 Å². The Kier molecular flexibility index (Phi) is 5.76. The molecule has 152 valence electrons. The van der Waals surface area contributed by atoms with Crippen molar-refractivity contribution in [1.29, 1.82) is 0 Å². The van der Waals surface area contributed by atoms with E-state index >= 15 is 0 Å². The SMILES string of the molecule is O=C(Cn1cc(S(=O)(=O)Cc2ccc(Br)cc2)c2ccccc21)N1CCOCC1. The summed E-state index contributed by atoms with van der Waals surface area (Å²) in [5.74, 6) is -0.128. The molecule has 1 aliphatic rings. The normalized spacial score (nSPS) is 15.0. The van der Waals surface area contributed by atoms with Crippen LogP contribution in [0.1, 0.15) is 5.56 Å². The number of carbonyl (C=O) groups is 1. The molecule has 0 bridgehead atoms. The number of hydrogen-bond donors (Lipinski definition) is 0. The third-order valence-corrected chi connectivity index (χ3v) is 7.26. The van der Waals surface area contributed by atoms with Crippen molar-refractivity contribution in [3.63, 3.8) is 0 Å². The molecule has 0 saturated carbocycles. The van der Waals surface area contributed by atoms with Gasteiger partial charge in [-0.2, -0.15) is 0 Å². The van der Waals surface area contributed by atoms with Crippen LogP contribution in [0, 0.1) is 0 Å². The number of nitrogens with zero attached hydrogens (tertiary/aromatic N) is 2. The second-order valence-corrected chi connectivity index (χ2v) is 9.89. The first-order chi connectivity index (χ1) is 13.9. The highest BCUT2D eigenvalue weighted by atomic mass is 79.9. The first kappa shape index (κ1) is 20.1. The van der Waals surface area contributed by atoms with E-state index in [1.807, 2.05) is 30.3 Å². The summed E-state index contributed by atoms with van der Waals surface area (Å²) in [5.41, 5.74) is 1.46. The molecule has 0 radical (unpaired) electrons. The van der Waals surface area contributed by atoms with E-state index in [0.717, 1.165) is 15.6 Å². The number of amides is 1. The van der Waals surface area contributed by atoms with Crippen molar-refractivity contribution < 1.29 is 17.9 Å². The van der Waals surface area contributed by atoms with Crippen LogP contribution in [0.15, 0.2) is 64.1 Å². The Bertz CT molecular complexity index is 1130. The highest BCUT2D eigenvalue weighted by Crippen LogP contribution is 2.28. The van der Waals surface area contributed by atoms with Crippen molar-refractivity contribution in [3.05, 3.63) is 64.8 Å². The van der Waals surface area contributed by atoms with Gasteiger partial charge in [-0.05, 0) is 23.8 Å². The van der Waals surface area contributed by atoms with Crippen LogP contribution < -0.4 is 0 Å². The second-order valence-electron chi connectivity index (χ2n) is 7.02. The van der Waals surface area contributed by atoms with Gasteiger partial charge in [-0.15, -0.1) is 0 Å². The molecule has 0 N–H and O–H groups in total. The zero-order valence-corrected chi connectivity index (χ0v) is 18.2. The fraction of sp³-hybridized carbons (Fsp3) is 0.286. The fourth-order valence-corrected chi connectivity index (χ4v) is 5.37. The van der Waals surface area contributed by atoms with Gasteiger partial charge in [0.25, 0.3) is 0 Å². The Morgan fingerprint density at radius 3 is 2.45 bits per heavy atom. The number of aromatic nitrogens is 1. The van der Waals surface area contributed by atoms with E-state index in [2.05, 4.69) is 15.9 Å². The van der Waals surface area contributed by atoms with Gasteiger partial charge in [-0.1, -0.05) is 46.3 Å². The number of halogens is 1. The lowest BCUT2D eigenvalue weighted by Crippen LogP contribution is -2.42. The lowest BCUT2D eigenvalue weighted by atomic mass is 10.2. The molecule has 6 nitrogen and oxygen atoms in total.